The van der Waals surface area contributed by atoms with E-state index in [4.69, 9.17) is 0 Å². The summed E-state index contributed by atoms with van der Waals surface area (Å²) in [5.74, 6) is 0. The zero-order chi connectivity index (χ0) is 7.56. The Hall–Kier alpha value is -0.980. The fourth-order valence-corrected chi connectivity index (χ4v) is 1.06. The maximum atomic E-state index is 3.96. The van der Waals surface area contributed by atoms with E-state index in [2.05, 4.69) is 29.7 Å². The van der Waals surface area contributed by atoms with Gasteiger partial charge in [-0.3, -0.25) is 0 Å². The first kappa shape index (κ1) is 7.13. The second kappa shape index (κ2) is 2.74. The minimum atomic E-state index is 0.990. The number of allylic oxidation sites excluding steroid dienone is 4. The number of rotatable bonds is 1. The second-order valence-electron chi connectivity index (χ2n) is 2.68. The largest absolute Gasteiger partial charge is 0.377 e. The van der Waals surface area contributed by atoms with Crippen molar-refractivity contribution in [1.82, 2.24) is 4.90 Å². The number of hydrogen-bond acceptors (Lipinski definition) is 1. The summed E-state index contributed by atoms with van der Waals surface area (Å²) in [6, 6.07) is 0. The van der Waals surface area contributed by atoms with Crippen molar-refractivity contribution in [3.63, 3.8) is 0 Å². The topological polar surface area (TPSA) is 3.24 Å². The highest BCUT2D eigenvalue weighted by Crippen LogP contribution is 2.18. The standard InChI is InChI=1S/C9H13N/c1-8-6-4-5-7-9(8)10(2)3/h4-5,7H,1,6H2,2-3H3. The molecule has 0 heterocycles. The van der Waals surface area contributed by atoms with Gasteiger partial charge in [0.15, 0.2) is 0 Å². The van der Waals surface area contributed by atoms with Gasteiger partial charge >= 0.3 is 0 Å². The fourth-order valence-electron chi connectivity index (χ4n) is 1.06. The molecule has 0 aliphatic heterocycles. The van der Waals surface area contributed by atoms with Crippen molar-refractivity contribution >= 4 is 0 Å². The van der Waals surface area contributed by atoms with Crippen LogP contribution in [-0.2, 0) is 0 Å². The summed E-state index contributed by atoms with van der Waals surface area (Å²) in [7, 11) is 4.08. The molecule has 10 heavy (non-hydrogen) atoms. The summed E-state index contributed by atoms with van der Waals surface area (Å²) in [5, 5.41) is 0. The van der Waals surface area contributed by atoms with Crippen LogP contribution in [0, 0.1) is 0 Å². The number of nitrogens with zero attached hydrogens (tertiary/aromatic N) is 1. The molecule has 0 aromatic rings. The van der Waals surface area contributed by atoms with Crippen LogP contribution in [0.15, 0.2) is 36.1 Å². The van der Waals surface area contributed by atoms with Crippen LogP contribution in [0.2, 0.25) is 0 Å². The summed E-state index contributed by atoms with van der Waals surface area (Å²) in [6.07, 6.45) is 7.27. The maximum Gasteiger partial charge on any atom is 0.0390 e. The highest BCUT2D eigenvalue weighted by Gasteiger charge is 2.04. The van der Waals surface area contributed by atoms with Gasteiger partial charge in [0.25, 0.3) is 0 Å². The predicted octanol–water partition coefficient (Wildman–Crippen LogP) is 1.95. The maximum absolute atomic E-state index is 3.96. The third kappa shape index (κ3) is 1.29. The minimum Gasteiger partial charge on any atom is -0.377 e. The Morgan fingerprint density at radius 3 is 2.60 bits per heavy atom. The van der Waals surface area contributed by atoms with Crippen LogP contribution in [0.5, 0.6) is 0 Å². The molecule has 0 spiro atoms. The third-order valence-corrected chi connectivity index (χ3v) is 1.60. The van der Waals surface area contributed by atoms with E-state index in [1.165, 1.54) is 11.3 Å². The first-order valence-corrected chi connectivity index (χ1v) is 3.44. The normalized spacial score (nSPS) is 17.0. The van der Waals surface area contributed by atoms with Gasteiger partial charge in [-0.05, 0) is 18.1 Å². The Morgan fingerprint density at radius 2 is 2.20 bits per heavy atom. The van der Waals surface area contributed by atoms with Gasteiger partial charge in [-0.25, -0.2) is 0 Å². The van der Waals surface area contributed by atoms with Crippen LogP contribution in [0.25, 0.3) is 0 Å². The molecule has 0 saturated carbocycles. The molecule has 0 unspecified atom stereocenters. The zero-order valence-electron chi connectivity index (χ0n) is 6.59. The quantitative estimate of drug-likeness (QED) is 0.531. The highest BCUT2D eigenvalue weighted by molar-refractivity contribution is 5.35. The Labute approximate surface area is 62.3 Å². The molecule has 0 amide bonds. The molecule has 1 rings (SSSR count). The van der Waals surface area contributed by atoms with Crippen molar-refractivity contribution in [3.05, 3.63) is 36.1 Å². The first-order valence-electron chi connectivity index (χ1n) is 3.44. The molecular formula is C9H13N. The molecule has 1 nitrogen and oxygen atoms in total. The molecule has 1 aliphatic carbocycles. The summed E-state index contributed by atoms with van der Waals surface area (Å²) in [4.78, 5) is 2.09. The summed E-state index contributed by atoms with van der Waals surface area (Å²) in [5.41, 5.74) is 2.44. The van der Waals surface area contributed by atoms with Crippen LogP contribution in [0.1, 0.15) is 6.42 Å². The van der Waals surface area contributed by atoms with Gasteiger partial charge in [-0.2, -0.15) is 0 Å². The van der Waals surface area contributed by atoms with Crippen molar-refractivity contribution in [1.29, 1.82) is 0 Å². The molecule has 0 saturated heterocycles. The Balaban J connectivity index is 2.80. The van der Waals surface area contributed by atoms with Crippen molar-refractivity contribution < 1.29 is 0 Å². The molecule has 0 aromatic heterocycles. The zero-order valence-corrected chi connectivity index (χ0v) is 6.59. The van der Waals surface area contributed by atoms with E-state index in [1.807, 2.05) is 14.1 Å². The van der Waals surface area contributed by atoms with Gasteiger partial charge < -0.3 is 4.90 Å². The van der Waals surface area contributed by atoms with Crippen LogP contribution < -0.4 is 0 Å². The molecule has 54 valence electrons. The van der Waals surface area contributed by atoms with E-state index in [-0.39, 0.29) is 0 Å². The molecule has 1 aliphatic rings. The average Bonchev–Trinajstić information content (AvgIpc) is 1.88. The lowest BCUT2D eigenvalue weighted by Gasteiger charge is -2.20. The van der Waals surface area contributed by atoms with Gasteiger partial charge in [0.2, 0.25) is 0 Å². The molecule has 1 heteroatoms. The van der Waals surface area contributed by atoms with Gasteiger partial charge in [0.05, 0.1) is 0 Å². The van der Waals surface area contributed by atoms with E-state index in [9.17, 15) is 0 Å². The van der Waals surface area contributed by atoms with Crippen LogP contribution in [-0.4, -0.2) is 19.0 Å². The molecular weight excluding hydrogens is 122 g/mol. The average molecular weight is 135 g/mol. The number of hydrogen-bond donors (Lipinski definition) is 0. The van der Waals surface area contributed by atoms with Crippen LogP contribution in [0.4, 0.5) is 0 Å². The van der Waals surface area contributed by atoms with Crippen LogP contribution >= 0.6 is 0 Å². The Morgan fingerprint density at radius 1 is 1.50 bits per heavy atom. The highest BCUT2D eigenvalue weighted by atomic mass is 15.1. The van der Waals surface area contributed by atoms with Crippen molar-refractivity contribution in [2.75, 3.05) is 14.1 Å². The van der Waals surface area contributed by atoms with E-state index in [0.717, 1.165) is 6.42 Å². The van der Waals surface area contributed by atoms with Gasteiger partial charge in [-0.15, -0.1) is 0 Å². The summed E-state index contributed by atoms with van der Waals surface area (Å²) >= 11 is 0. The molecule has 0 aromatic carbocycles. The molecule has 0 radical (unpaired) electrons. The summed E-state index contributed by atoms with van der Waals surface area (Å²) in [6.45, 7) is 3.96. The van der Waals surface area contributed by atoms with Crippen molar-refractivity contribution in [2.45, 2.75) is 6.42 Å². The lowest BCUT2D eigenvalue weighted by atomic mass is 10.1. The lowest BCUT2D eigenvalue weighted by molar-refractivity contribution is 0.518. The Kier molecular flexibility index (Phi) is 1.95. The third-order valence-electron chi connectivity index (χ3n) is 1.60. The van der Waals surface area contributed by atoms with E-state index in [0.29, 0.717) is 0 Å². The number of likely N-dealkylation sites (N-methyl/N-ethyl adjacent to an activating group) is 1. The van der Waals surface area contributed by atoms with Gasteiger partial charge in [-0.1, -0.05) is 18.7 Å². The van der Waals surface area contributed by atoms with E-state index < -0.39 is 0 Å². The Bertz CT molecular complexity index is 197. The van der Waals surface area contributed by atoms with E-state index in [1.54, 1.807) is 0 Å². The predicted molar refractivity (Wildman–Crippen MR) is 44.7 cm³/mol. The molecule has 0 atom stereocenters. The minimum absolute atomic E-state index is 0.990. The fraction of sp³-hybridized carbons (Fsp3) is 0.333. The SMILES string of the molecule is C=C1CC=CC=C1N(C)C. The first-order chi connectivity index (χ1) is 4.72. The lowest BCUT2D eigenvalue weighted by Crippen LogP contribution is -2.13. The molecule has 0 fully saturated rings. The summed E-state index contributed by atoms with van der Waals surface area (Å²) < 4.78 is 0. The van der Waals surface area contributed by atoms with Gasteiger partial charge in [0.1, 0.15) is 0 Å². The van der Waals surface area contributed by atoms with Crippen LogP contribution in [0.3, 0.4) is 0 Å². The second-order valence-corrected chi connectivity index (χ2v) is 2.68. The van der Waals surface area contributed by atoms with Crippen molar-refractivity contribution in [2.24, 2.45) is 0 Å². The molecule has 0 N–H and O–H groups in total. The van der Waals surface area contributed by atoms with E-state index >= 15 is 0 Å². The van der Waals surface area contributed by atoms with Crippen molar-refractivity contribution in [3.8, 4) is 0 Å². The van der Waals surface area contributed by atoms with Gasteiger partial charge in [0, 0.05) is 19.8 Å². The smallest absolute Gasteiger partial charge is 0.0390 e. The monoisotopic (exact) mass is 135 g/mol. The molecule has 0 bridgehead atoms.